The number of nitrogens with zero attached hydrogens (tertiary/aromatic N) is 1. The Balaban J connectivity index is 2.28. The molecule has 0 radical (unpaired) electrons. The van der Waals surface area contributed by atoms with E-state index in [0.29, 0.717) is 34.6 Å². The van der Waals surface area contributed by atoms with Crippen LogP contribution >= 0.6 is 0 Å². The third kappa shape index (κ3) is 4.52. The second-order valence-electron chi connectivity index (χ2n) is 6.87. The number of amides is 1. The van der Waals surface area contributed by atoms with Crippen molar-refractivity contribution in [2.24, 2.45) is 0 Å². The zero-order valence-electron chi connectivity index (χ0n) is 17.2. The number of carbonyl (C=O) groups excluding carboxylic acids is 2. The van der Waals surface area contributed by atoms with E-state index < -0.39 is 11.8 Å². The summed E-state index contributed by atoms with van der Waals surface area (Å²) in [4.78, 5) is 30.0. The predicted octanol–water partition coefficient (Wildman–Crippen LogP) is 4.01. The number of hydrogen-bond acceptors (Lipinski definition) is 4. The van der Waals surface area contributed by atoms with Gasteiger partial charge in [0.25, 0.3) is 5.91 Å². The molecule has 0 fully saturated rings. The number of aryl methyl sites for hydroxylation is 1. The van der Waals surface area contributed by atoms with Crippen LogP contribution in [0.5, 0.6) is 5.75 Å². The number of esters is 1. The van der Waals surface area contributed by atoms with Gasteiger partial charge in [0.2, 0.25) is 0 Å². The molecular weight excluding hydrogens is 363 g/mol. The Morgan fingerprint density at radius 2 is 1.93 bits per heavy atom. The number of halogens is 1. The van der Waals surface area contributed by atoms with Crippen molar-refractivity contribution in [3.8, 4) is 5.75 Å². The first-order valence-corrected chi connectivity index (χ1v) is 9.21. The molecule has 0 atom stereocenters. The van der Waals surface area contributed by atoms with Crippen LogP contribution in [0.3, 0.4) is 0 Å². The summed E-state index contributed by atoms with van der Waals surface area (Å²) in [6.07, 6.45) is -0.252. The molecule has 1 aromatic carbocycles. The van der Waals surface area contributed by atoms with Crippen LogP contribution in [-0.2, 0) is 11.3 Å². The molecule has 152 valence electrons. The third-order valence-electron chi connectivity index (χ3n) is 4.46. The highest BCUT2D eigenvalue weighted by molar-refractivity contribution is 6.00. The number of methoxy groups -OCH3 is 1. The van der Waals surface area contributed by atoms with Crippen LogP contribution in [0.15, 0.2) is 18.2 Å². The quantitative estimate of drug-likeness (QED) is 0.725. The van der Waals surface area contributed by atoms with Crippen molar-refractivity contribution in [2.45, 2.75) is 47.3 Å². The normalized spacial score (nSPS) is 10.9. The highest BCUT2D eigenvalue weighted by Gasteiger charge is 2.26. The summed E-state index contributed by atoms with van der Waals surface area (Å²) in [5.41, 5.74) is 2.49. The number of H-pyrrole nitrogens is 1. The standard InChI is InChI=1S/C21H27FN2O4/c1-7-24(11-15-8-9-17(27-6)16(22)10-15)20(25)19-13(4)18(14(5)23-19)21(26)28-12(2)3/h8-10,12,23H,7,11H2,1-6H3. The van der Waals surface area contributed by atoms with Gasteiger partial charge in [-0.2, -0.15) is 0 Å². The average Bonchev–Trinajstić information content (AvgIpc) is 2.93. The molecular formula is C21H27FN2O4. The molecule has 2 rings (SSSR count). The molecule has 7 heteroatoms. The molecule has 0 aliphatic carbocycles. The maximum Gasteiger partial charge on any atom is 0.340 e. The lowest BCUT2D eigenvalue weighted by atomic mass is 10.1. The Kier molecular flexibility index (Phi) is 6.83. The molecule has 1 amide bonds. The Bertz CT molecular complexity index is 874. The van der Waals surface area contributed by atoms with Crippen LogP contribution in [0.25, 0.3) is 0 Å². The van der Waals surface area contributed by atoms with Gasteiger partial charge in [-0.05, 0) is 57.9 Å². The summed E-state index contributed by atoms with van der Waals surface area (Å²) in [7, 11) is 1.40. The van der Waals surface area contributed by atoms with Gasteiger partial charge in [-0.3, -0.25) is 4.79 Å². The molecule has 1 heterocycles. The van der Waals surface area contributed by atoms with Crippen molar-refractivity contribution in [3.05, 3.63) is 52.1 Å². The predicted molar refractivity (Wildman–Crippen MR) is 104 cm³/mol. The van der Waals surface area contributed by atoms with Crippen molar-refractivity contribution in [1.82, 2.24) is 9.88 Å². The molecule has 1 aromatic heterocycles. The summed E-state index contributed by atoms with van der Waals surface area (Å²) in [6, 6.07) is 4.61. The fourth-order valence-corrected chi connectivity index (χ4v) is 3.06. The van der Waals surface area contributed by atoms with Gasteiger partial charge in [-0.25, -0.2) is 9.18 Å². The molecule has 0 unspecified atom stereocenters. The second kappa shape index (κ2) is 8.91. The van der Waals surface area contributed by atoms with Gasteiger partial charge in [-0.1, -0.05) is 6.07 Å². The summed E-state index contributed by atoms with van der Waals surface area (Å²) >= 11 is 0. The summed E-state index contributed by atoms with van der Waals surface area (Å²) in [6.45, 7) is 9.50. The Morgan fingerprint density at radius 3 is 2.46 bits per heavy atom. The molecule has 0 spiro atoms. The van der Waals surface area contributed by atoms with Crippen molar-refractivity contribution < 1.29 is 23.5 Å². The van der Waals surface area contributed by atoms with Gasteiger partial charge in [0, 0.05) is 18.8 Å². The zero-order chi connectivity index (χ0) is 21.0. The Labute approximate surface area is 164 Å². The monoisotopic (exact) mass is 390 g/mol. The first-order chi connectivity index (χ1) is 13.2. The first kappa shape index (κ1) is 21.5. The fraction of sp³-hybridized carbons (Fsp3) is 0.429. The maximum atomic E-state index is 14.0. The van der Waals surface area contributed by atoms with Crippen LogP contribution in [-0.4, -0.2) is 41.5 Å². The Morgan fingerprint density at radius 1 is 1.25 bits per heavy atom. The highest BCUT2D eigenvalue weighted by atomic mass is 19.1. The number of benzene rings is 1. The number of carbonyl (C=O) groups is 2. The largest absolute Gasteiger partial charge is 0.494 e. The van der Waals surface area contributed by atoms with E-state index in [1.54, 1.807) is 38.7 Å². The molecule has 2 aromatic rings. The SMILES string of the molecule is CCN(Cc1ccc(OC)c(F)c1)C(=O)c1[nH]c(C)c(C(=O)OC(C)C)c1C. The van der Waals surface area contributed by atoms with E-state index in [9.17, 15) is 14.0 Å². The van der Waals surface area contributed by atoms with E-state index in [1.807, 2.05) is 6.92 Å². The van der Waals surface area contributed by atoms with E-state index in [1.165, 1.54) is 19.2 Å². The van der Waals surface area contributed by atoms with Crippen molar-refractivity contribution >= 4 is 11.9 Å². The van der Waals surface area contributed by atoms with E-state index in [4.69, 9.17) is 9.47 Å². The number of hydrogen-bond donors (Lipinski definition) is 1. The van der Waals surface area contributed by atoms with E-state index in [0.717, 1.165) is 0 Å². The minimum atomic E-state index is -0.478. The van der Waals surface area contributed by atoms with Gasteiger partial charge in [0.1, 0.15) is 5.69 Å². The van der Waals surface area contributed by atoms with Crippen molar-refractivity contribution in [3.63, 3.8) is 0 Å². The summed E-state index contributed by atoms with van der Waals surface area (Å²) in [5, 5.41) is 0. The topological polar surface area (TPSA) is 71.6 Å². The van der Waals surface area contributed by atoms with Crippen LogP contribution in [0.4, 0.5) is 4.39 Å². The van der Waals surface area contributed by atoms with Crippen LogP contribution in [0.2, 0.25) is 0 Å². The molecule has 0 bridgehead atoms. The summed E-state index contributed by atoms with van der Waals surface area (Å²) in [5.74, 6) is -1.04. The van der Waals surface area contributed by atoms with E-state index >= 15 is 0 Å². The van der Waals surface area contributed by atoms with Gasteiger partial charge in [0.15, 0.2) is 11.6 Å². The number of ether oxygens (including phenoxy) is 2. The smallest absolute Gasteiger partial charge is 0.340 e. The number of nitrogens with one attached hydrogen (secondary N) is 1. The number of aromatic nitrogens is 1. The first-order valence-electron chi connectivity index (χ1n) is 9.21. The summed E-state index contributed by atoms with van der Waals surface area (Å²) < 4.78 is 24.2. The molecule has 6 nitrogen and oxygen atoms in total. The lowest BCUT2D eigenvalue weighted by Gasteiger charge is -2.21. The van der Waals surface area contributed by atoms with Gasteiger partial charge < -0.3 is 19.4 Å². The molecule has 28 heavy (non-hydrogen) atoms. The molecule has 0 aliphatic rings. The van der Waals surface area contributed by atoms with Gasteiger partial charge >= 0.3 is 5.97 Å². The molecule has 1 N–H and O–H groups in total. The van der Waals surface area contributed by atoms with Crippen LogP contribution in [0.1, 0.15) is 58.4 Å². The van der Waals surface area contributed by atoms with E-state index in [2.05, 4.69) is 4.98 Å². The minimum Gasteiger partial charge on any atom is -0.494 e. The average molecular weight is 390 g/mol. The fourth-order valence-electron chi connectivity index (χ4n) is 3.06. The minimum absolute atomic E-state index is 0.155. The number of aromatic amines is 1. The number of rotatable bonds is 7. The van der Waals surface area contributed by atoms with Gasteiger partial charge in [-0.15, -0.1) is 0 Å². The highest BCUT2D eigenvalue weighted by Crippen LogP contribution is 2.23. The van der Waals surface area contributed by atoms with E-state index in [-0.39, 0.29) is 24.3 Å². The second-order valence-corrected chi connectivity index (χ2v) is 6.87. The lowest BCUT2D eigenvalue weighted by Crippen LogP contribution is -2.31. The lowest BCUT2D eigenvalue weighted by molar-refractivity contribution is 0.0376. The van der Waals surface area contributed by atoms with Crippen LogP contribution in [0, 0.1) is 19.7 Å². The maximum absolute atomic E-state index is 14.0. The van der Waals surface area contributed by atoms with Crippen LogP contribution < -0.4 is 4.74 Å². The van der Waals surface area contributed by atoms with Crippen molar-refractivity contribution in [1.29, 1.82) is 0 Å². The molecule has 0 saturated heterocycles. The zero-order valence-corrected chi connectivity index (χ0v) is 17.2. The van der Waals surface area contributed by atoms with Gasteiger partial charge in [0.05, 0.1) is 18.8 Å². The third-order valence-corrected chi connectivity index (χ3v) is 4.46. The molecule has 0 aliphatic heterocycles. The molecule has 0 saturated carbocycles. The van der Waals surface area contributed by atoms with Crippen molar-refractivity contribution in [2.75, 3.05) is 13.7 Å². The Hall–Kier alpha value is -2.83.